The normalized spacial score (nSPS) is 15.0. The van der Waals surface area contributed by atoms with Crippen molar-refractivity contribution in [3.8, 4) is 0 Å². The number of para-hydroxylation sites is 1. The first kappa shape index (κ1) is 16.6. The van der Waals surface area contributed by atoms with Gasteiger partial charge in [-0.15, -0.1) is 0 Å². The SMILES string of the molecule is Cc1ccccc1N1CCN(C(=O)CCc2c(C)noc2C)CC1. The molecule has 0 radical (unpaired) electrons. The second kappa shape index (κ2) is 7.07. The Balaban J connectivity index is 1.53. The molecular weight excluding hydrogens is 302 g/mol. The Labute approximate surface area is 143 Å². The van der Waals surface area contributed by atoms with Crippen molar-refractivity contribution < 1.29 is 9.32 Å². The smallest absolute Gasteiger partial charge is 0.223 e. The van der Waals surface area contributed by atoms with Crippen molar-refractivity contribution in [3.63, 3.8) is 0 Å². The van der Waals surface area contributed by atoms with Crippen molar-refractivity contribution in [1.82, 2.24) is 10.1 Å². The Bertz CT molecular complexity index is 696. The molecule has 1 aliphatic heterocycles. The highest BCUT2D eigenvalue weighted by Crippen LogP contribution is 2.21. The highest BCUT2D eigenvalue weighted by molar-refractivity contribution is 5.77. The molecule has 0 bridgehead atoms. The summed E-state index contributed by atoms with van der Waals surface area (Å²) in [6.07, 6.45) is 1.23. The van der Waals surface area contributed by atoms with Crippen LogP contribution in [0.4, 0.5) is 5.69 Å². The van der Waals surface area contributed by atoms with E-state index in [1.807, 2.05) is 18.7 Å². The molecule has 1 saturated heterocycles. The summed E-state index contributed by atoms with van der Waals surface area (Å²) in [5.41, 5.74) is 4.53. The summed E-state index contributed by atoms with van der Waals surface area (Å²) in [7, 11) is 0. The fourth-order valence-corrected chi connectivity index (χ4v) is 3.36. The Morgan fingerprint density at radius 2 is 1.83 bits per heavy atom. The van der Waals surface area contributed by atoms with Crippen LogP contribution in [0.1, 0.15) is 29.0 Å². The van der Waals surface area contributed by atoms with Gasteiger partial charge >= 0.3 is 0 Å². The lowest BCUT2D eigenvalue weighted by Gasteiger charge is -2.36. The van der Waals surface area contributed by atoms with Crippen LogP contribution in [0.5, 0.6) is 0 Å². The van der Waals surface area contributed by atoms with Gasteiger partial charge in [0.05, 0.1) is 5.69 Å². The third kappa shape index (κ3) is 3.45. The van der Waals surface area contributed by atoms with Crippen molar-refractivity contribution in [3.05, 3.63) is 46.8 Å². The van der Waals surface area contributed by atoms with E-state index in [0.29, 0.717) is 12.8 Å². The fraction of sp³-hybridized carbons (Fsp3) is 0.474. The van der Waals surface area contributed by atoms with Gasteiger partial charge in [0.15, 0.2) is 0 Å². The van der Waals surface area contributed by atoms with Gasteiger partial charge in [-0.05, 0) is 38.8 Å². The van der Waals surface area contributed by atoms with Crippen molar-refractivity contribution in [2.45, 2.75) is 33.6 Å². The molecule has 0 saturated carbocycles. The van der Waals surface area contributed by atoms with Gasteiger partial charge in [-0.25, -0.2) is 0 Å². The van der Waals surface area contributed by atoms with E-state index in [1.54, 1.807) is 0 Å². The second-order valence-corrected chi connectivity index (χ2v) is 6.46. The summed E-state index contributed by atoms with van der Waals surface area (Å²) in [5.74, 6) is 1.05. The first-order valence-corrected chi connectivity index (χ1v) is 8.56. The molecule has 0 N–H and O–H groups in total. The van der Waals surface area contributed by atoms with Crippen molar-refractivity contribution in [2.24, 2.45) is 0 Å². The van der Waals surface area contributed by atoms with Crippen LogP contribution in [-0.4, -0.2) is 42.1 Å². The Kier molecular flexibility index (Phi) is 4.88. The minimum absolute atomic E-state index is 0.222. The van der Waals surface area contributed by atoms with Gasteiger partial charge in [0.2, 0.25) is 5.91 Å². The molecule has 24 heavy (non-hydrogen) atoms. The van der Waals surface area contributed by atoms with Crippen LogP contribution in [-0.2, 0) is 11.2 Å². The van der Waals surface area contributed by atoms with E-state index in [1.165, 1.54) is 11.3 Å². The van der Waals surface area contributed by atoms with Crippen molar-refractivity contribution >= 4 is 11.6 Å². The van der Waals surface area contributed by atoms with Gasteiger partial charge in [0, 0.05) is 43.9 Å². The van der Waals surface area contributed by atoms with Gasteiger partial charge in [-0.2, -0.15) is 0 Å². The van der Waals surface area contributed by atoms with Crippen LogP contribution < -0.4 is 4.90 Å². The molecule has 1 aliphatic rings. The lowest BCUT2D eigenvalue weighted by molar-refractivity contribution is -0.131. The maximum absolute atomic E-state index is 12.5. The second-order valence-electron chi connectivity index (χ2n) is 6.46. The zero-order valence-electron chi connectivity index (χ0n) is 14.7. The van der Waals surface area contributed by atoms with Gasteiger partial charge in [-0.3, -0.25) is 4.79 Å². The molecule has 0 unspecified atom stereocenters. The predicted octanol–water partition coefficient (Wildman–Crippen LogP) is 2.88. The maximum atomic E-state index is 12.5. The quantitative estimate of drug-likeness (QED) is 0.866. The van der Waals surface area contributed by atoms with Crippen molar-refractivity contribution in [1.29, 1.82) is 0 Å². The summed E-state index contributed by atoms with van der Waals surface area (Å²) >= 11 is 0. The van der Waals surface area contributed by atoms with Crippen LogP contribution in [0.2, 0.25) is 0 Å². The van der Waals surface area contributed by atoms with Crippen LogP contribution in [0, 0.1) is 20.8 Å². The number of rotatable bonds is 4. The molecule has 1 aromatic carbocycles. The van der Waals surface area contributed by atoms with Gasteiger partial charge in [0.1, 0.15) is 5.76 Å². The van der Waals surface area contributed by atoms with Gasteiger partial charge in [-0.1, -0.05) is 23.4 Å². The van der Waals surface area contributed by atoms with Crippen LogP contribution >= 0.6 is 0 Å². The molecule has 128 valence electrons. The van der Waals surface area contributed by atoms with E-state index in [2.05, 4.69) is 41.2 Å². The van der Waals surface area contributed by atoms with E-state index in [0.717, 1.165) is 43.2 Å². The minimum atomic E-state index is 0.222. The topological polar surface area (TPSA) is 49.6 Å². The van der Waals surface area contributed by atoms with E-state index in [4.69, 9.17) is 4.52 Å². The summed E-state index contributed by atoms with van der Waals surface area (Å²) < 4.78 is 5.17. The molecular formula is C19H25N3O2. The zero-order valence-corrected chi connectivity index (χ0v) is 14.7. The fourth-order valence-electron chi connectivity index (χ4n) is 3.36. The summed E-state index contributed by atoms with van der Waals surface area (Å²) in [6, 6.07) is 8.43. The lowest BCUT2D eigenvalue weighted by Crippen LogP contribution is -2.49. The predicted molar refractivity (Wildman–Crippen MR) is 94.3 cm³/mol. The summed E-state index contributed by atoms with van der Waals surface area (Å²) in [6.45, 7) is 9.32. The number of anilines is 1. The number of benzene rings is 1. The third-order valence-electron chi connectivity index (χ3n) is 4.86. The van der Waals surface area contributed by atoms with Crippen molar-refractivity contribution in [2.75, 3.05) is 31.1 Å². The molecule has 1 amide bonds. The molecule has 1 fully saturated rings. The summed E-state index contributed by atoms with van der Waals surface area (Å²) in [4.78, 5) is 16.8. The number of hydrogen-bond donors (Lipinski definition) is 0. The first-order chi connectivity index (χ1) is 11.6. The number of carbonyl (C=O) groups is 1. The van der Waals surface area contributed by atoms with Crippen LogP contribution in [0.25, 0.3) is 0 Å². The zero-order chi connectivity index (χ0) is 17.1. The van der Waals surface area contributed by atoms with Gasteiger partial charge in [0.25, 0.3) is 0 Å². The maximum Gasteiger partial charge on any atom is 0.223 e. The summed E-state index contributed by atoms with van der Waals surface area (Å²) in [5, 5.41) is 3.95. The van der Waals surface area contributed by atoms with Crippen LogP contribution in [0.15, 0.2) is 28.8 Å². The molecule has 5 heteroatoms. The molecule has 0 atom stereocenters. The molecule has 2 heterocycles. The van der Waals surface area contributed by atoms with E-state index in [9.17, 15) is 4.79 Å². The Hall–Kier alpha value is -2.30. The number of piperazine rings is 1. The highest BCUT2D eigenvalue weighted by Gasteiger charge is 2.22. The number of aryl methyl sites for hydroxylation is 3. The highest BCUT2D eigenvalue weighted by atomic mass is 16.5. The largest absolute Gasteiger partial charge is 0.368 e. The number of carbonyl (C=O) groups excluding carboxylic acids is 1. The monoisotopic (exact) mass is 327 g/mol. The number of aromatic nitrogens is 1. The molecule has 5 nitrogen and oxygen atoms in total. The molecule has 0 spiro atoms. The average Bonchev–Trinajstić information content (AvgIpc) is 2.91. The number of hydrogen-bond acceptors (Lipinski definition) is 4. The minimum Gasteiger partial charge on any atom is -0.368 e. The van der Waals surface area contributed by atoms with Gasteiger partial charge < -0.3 is 14.3 Å². The van der Waals surface area contributed by atoms with Crippen LogP contribution in [0.3, 0.4) is 0 Å². The third-order valence-corrected chi connectivity index (χ3v) is 4.86. The van der Waals surface area contributed by atoms with E-state index in [-0.39, 0.29) is 5.91 Å². The first-order valence-electron chi connectivity index (χ1n) is 8.56. The van der Waals surface area contributed by atoms with E-state index >= 15 is 0 Å². The molecule has 1 aromatic heterocycles. The number of amides is 1. The molecule has 2 aromatic rings. The number of nitrogens with zero attached hydrogens (tertiary/aromatic N) is 3. The average molecular weight is 327 g/mol. The standard InChI is InChI=1S/C19H25N3O2/c1-14-6-4-5-7-18(14)21-10-12-22(13-11-21)19(23)9-8-17-15(2)20-24-16(17)3/h4-7H,8-13H2,1-3H3. The Morgan fingerprint density at radius 1 is 1.12 bits per heavy atom. The molecule has 3 rings (SSSR count). The Morgan fingerprint density at radius 3 is 2.46 bits per heavy atom. The van der Waals surface area contributed by atoms with E-state index < -0.39 is 0 Å². The lowest BCUT2D eigenvalue weighted by atomic mass is 10.1. The molecule has 0 aliphatic carbocycles.